The highest BCUT2D eigenvalue weighted by Gasteiger charge is 2.18. The SMILES string of the molecule is Nc1nn2cc(-c3ccncn3)cnc2c1C(=O)O. The Balaban J connectivity index is 2.21. The molecular formula is C11H8N6O2. The second kappa shape index (κ2) is 4.02. The normalized spacial score (nSPS) is 10.7. The number of nitrogens with two attached hydrogens (primary N) is 1. The predicted octanol–water partition coefficient (Wildman–Crippen LogP) is 0.467. The maximum Gasteiger partial charge on any atom is 0.343 e. The van der Waals surface area contributed by atoms with Crippen molar-refractivity contribution < 1.29 is 9.90 Å². The Hall–Kier alpha value is -3.03. The number of hydrogen-bond acceptors (Lipinski definition) is 6. The van der Waals surface area contributed by atoms with E-state index in [0.717, 1.165) is 0 Å². The molecule has 0 bridgehead atoms. The predicted molar refractivity (Wildman–Crippen MR) is 65.4 cm³/mol. The largest absolute Gasteiger partial charge is 0.477 e. The number of hydrogen-bond donors (Lipinski definition) is 2. The van der Waals surface area contributed by atoms with Crippen LogP contribution in [-0.4, -0.2) is 35.6 Å². The van der Waals surface area contributed by atoms with Gasteiger partial charge in [0.1, 0.15) is 11.9 Å². The molecule has 94 valence electrons. The van der Waals surface area contributed by atoms with Crippen molar-refractivity contribution in [3.63, 3.8) is 0 Å². The minimum Gasteiger partial charge on any atom is -0.477 e. The summed E-state index contributed by atoms with van der Waals surface area (Å²) in [4.78, 5) is 23.0. The summed E-state index contributed by atoms with van der Waals surface area (Å²) in [6.45, 7) is 0. The van der Waals surface area contributed by atoms with Crippen LogP contribution in [0.3, 0.4) is 0 Å². The van der Waals surface area contributed by atoms with Crippen molar-refractivity contribution in [2.75, 3.05) is 5.73 Å². The molecule has 0 fully saturated rings. The topological polar surface area (TPSA) is 119 Å². The molecule has 0 aliphatic heterocycles. The van der Waals surface area contributed by atoms with Crippen LogP contribution in [0.1, 0.15) is 10.4 Å². The molecule has 0 aromatic carbocycles. The molecule has 8 nitrogen and oxygen atoms in total. The molecule has 3 N–H and O–H groups in total. The van der Waals surface area contributed by atoms with Gasteiger partial charge in [0, 0.05) is 24.2 Å². The number of aromatic carboxylic acids is 1. The zero-order valence-corrected chi connectivity index (χ0v) is 9.56. The molecule has 0 unspecified atom stereocenters. The van der Waals surface area contributed by atoms with E-state index in [4.69, 9.17) is 10.8 Å². The number of rotatable bonds is 2. The zero-order valence-electron chi connectivity index (χ0n) is 9.56. The number of carboxylic acid groups (broad SMARTS) is 1. The third kappa shape index (κ3) is 1.75. The Morgan fingerprint density at radius 3 is 2.89 bits per heavy atom. The number of aromatic nitrogens is 5. The maximum absolute atomic E-state index is 11.1. The molecule has 19 heavy (non-hydrogen) atoms. The lowest BCUT2D eigenvalue weighted by molar-refractivity contribution is 0.0700. The van der Waals surface area contributed by atoms with Crippen molar-refractivity contribution in [3.8, 4) is 11.3 Å². The Bertz CT molecular complexity index is 767. The van der Waals surface area contributed by atoms with E-state index < -0.39 is 5.97 Å². The molecule has 0 radical (unpaired) electrons. The van der Waals surface area contributed by atoms with E-state index in [-0.39, 0.29) is 17.0 Å². The molecule has 0 spiro atoms. The number of carbonyl (C=O) groups is 1. The quantitative estimate of drug-likeness (QED) is 0.683. The first-order valence-electron chi connectivity index (χ1n) is 5.30. The second-order valence-electron chi connectivity index (χ2n) is 3.77. The van der Waals surface area contributed by atoms with Gasteiger partial charge >= 0.3 is 5.97 Å². The van der Waals surface area contributed by atoms with E-state index in [1.807, 2.05) is 0 Å². The van der Waals surface area contributed by atoms with Crippen molar-refractivity contribution in [1.29, 1.82) is 0 Å². The fourth-order valence-electron chi connectivity index (χ4n) is 1.75. The molecule has 0 saturated carbocycles. The van der Waals surface area contributed by atoms with Crippen LogP contribution < -0.4 is 5.73 Å². The Labute approximate surface area is 106 Å². The van der Waals surface area contributed by atoms with Gasteiger partial charge < -0.3 is 10.8 Å². The smallest absolute Gasteiger partial charge is 0.343 e. The highest BCUT2D eigenvalue weighted by atomic mass is 16.4. The van der Waals surface area contributed by atoms with Gasteiger partial charge in [0.2, 0.25) is 0 Å². The standard InChI is InChI=1S/C11H8N6O2/c12-9-8(11(18)19)10-14-3-6(4-17(10)16-9)7-1-2-13-5-15-7/h1-5H,(H2,12,16)(H,18,19). The van der Waals surface area contributed by atoms with Gasteiger partial charge in [-0.3, -0.25) is 0 Å². The third-order valence-corrected chi connectivity index (χ3v) is 2.59. The summed E-state index contributed by atoms with van der Waals surface area (Å²) < 4.78 is 1.33. The molecule has 3 aromatic heterocycles. The number of nitrogen functional groups attached to an aromatic ring is 1. The number of anilines is 1. The van der Waals surface area contributed by atoms with Gasteiger partial charge in [0.15, 0.2) is 11.5 Å². The number of carboxylic acids is 1. The number of nitrogens with zero attached hydrogens (tertiary/aromatic N) is 5. The fraction of sp³-hybridized carbons (Fsp3) is 0. The van der Waals surface area contributed by atoms with Gasteiger partial charge in [0.05, 0.1) is 5.69 Å². The minimum absolute atomic E-state index is 0.0696. The van der Waals surface area contributed by atoms with Crippen molar-refractivity contribution in [3.05, 3.63) is 36.5 Å². The van der Waals surface area contributed by atoms with Crippen molar-refractivity contribution in [2.24, 2.45) is 0 Å². The van der Waals surface area contributed by atoms with Gasteiger partial charge in [0.25, 0.3) is 0 Å². The lowest BCUT2D eigenvalue weighted by atomic mass is 10.2. The van der Waals surface area contributed by atoms with Crippen LogP contribution in [0, 0.1) is 0 Å². The third-order valence-electron chi connectivity index (χ3n) is 2.59. The first-order chi connectivity index (χ1) is 9.16. The van der Waals surface area contributed by atoms with E-state index in [9.17, 15) is 4.79 Å². The van der Waals surface area contributed by atoms with Crippen LogP contribution in [0.2, 0.25) is 0 Å². The number of fused-ring (bicyclic) bond motifs is 1. The minimum atomic E-state index is -1.16. The first kappa shape index (κ1) is 11.1. The Kier molecular flexibility index (Phi) is 2.34. The molecule has 8 heteroatoms. The molecule has 3 aromatic rings. The fourth-order valence-corrected chi connectivity index (χ4v) is 1.75. The average Bonchev–Trinajstić information content (AvgIpc) is 2.74. The van der Waals surface area contributed by atoms with Gasteiger partial charge in [-0.1, -0.05) is 0 Å². The molecule has 0 amide bonds. The van der Waals surface area contributed by atoms with Gasteiger partial charge in [-0.25, -0.2) is 24.3 Å². The van der Waals surface area contributed by atoms with Crippen molar-refractivity contribution in [1.82, 2.24) is 24.6 Å². The summed E-state index contributed by atoms with van der Waals surface area (Å²) >= 11 is 0. The lowest BCUT2D eigenvalue weighted by Crippen LogP contribution is -2.01. The summed E-state index contributed by atoms with van der Waals surface area (Å²) in [5.74, 6) is -1.23. The zero-order chi connectivity index (χ0) is 13.4. The second-order valence-corrected chi connectivity index (χ2v) is 3.77. The Morgan fingerprint density at radius 2 is 2.21 bits per heavy atom. The Morgan fingerprint density at radius 1 is 1.37 bits per heavy atom. The monoisotopic (exact) mass is 256 g/mol. The average molecular weight is 256 g/mol. The van der Waals surface area contributed by atoms with Crippen LogP contribution in [0.5, 0.6) is 0 Å². The summed E-state index contributed by atoms with van der Waals surface area (Å²) in [6, 6.07) is 1.72. The summed E-state index contributed by atoms with van der Waals surface area (Å²) in [6.07, 6.45) is 6.16. The van der Waals surface area contributed by atoms with Gasteiger partial charge in [-0.15, -0.1) is 5.10 Å². The van der Waals surface area contributed by atoms with Crippen molar-refractivity contribution >= 4 is 17.4 Å². The first-order valence-corrected chi connectivity index (χ1v) is 5.30. The van der Waals surface area contributed by atoms with E-state index in [1.165, 1.54) is 17.0 Å². The van der Waals surface area contributed by atoms with Crippen LogP contribution in [0.25, 0.3) is 16.9 Å². The van der Waals surface area contributed by atoms with Gasteiger partial charge in [-0.2, -0.15) is 0 Å². The highest BCUT2D eigenvalue weighted by Crippen LogP contribution is 2.20. The van der Waals surface area contributed by atoms with Crippen LogP contribution in [0.4, 0.5) is 5.82 Å². The molecule has 0 aliphatic carbocycles. The lowest BCUT2D eigenvalue weighted by Gasteiger charge is -2.00. The van der Waals surface area contributed by atoms with Crippen molar-refractivity contribution in [2.45, 2.75) is 0 Å². The van der Waals surface area contributed by atoms with E-state index >= 15 is 0 Å². The van der Waals surface area contributed by atoms with Crippen LogP contribution in [-0.2, 0) is 0 Å². The molecule has 0 saturated heterocycles. The van der Waals surface area contributed by atoms with Gasteiger partial charge in [-0.05, 0) is 6.07 Å². The molecule has 3 rings (SSSR count). The summed E-state index contributed by atoms with van der Waals surface area (Å²) in [5, 5.41) is 13.0. The maximum atomic E-state index is 11.1. The molecule has 0 aliphatic rings. The summed E-state index contributed by atoms with van der Waals surface area (Å²) in [7, 11) is 0. The molecular weight excluding hydrogens is 248 g/mol. The summed E-state index contributed by atoms with van der Waals surface area (Å²) in [5.41, 5.74) is 7.01. The van der Waals surface area contributed by atoms with E-state index in [2.05, 4.69) is 20.1 Å². The van der Waals surface area contributed by atoms with E-state index in [1.54, 1.807) is 18.5 Å². The van der Waals surface area contributed by atoms with Crippen LogP contribution >= 0.6 is 0 Å². The highest BCUT2D eigenvalue weighted by molar-refractivity contribution is 5.99. The van der Waals surface area contributed by atoms with Crippen LogP contribution in [0.15, 0.2) is 31.0 Å². The molecule has 3 heterocycles. The molecule has 0 atom stereocenters. The van der Waals surface area contributed by atoms with E-state index in [0.29, 0.717) is 11.3 Å².